The first-order valence-corrected chi connectivity index (χ1v) is 15.2. The Hall–Kier alpha value is -4.96. The molecular weight excluding hydrogens is 564 g/mol. The van der Waals surface area contributed by atoms with Gasteiger partial charge in [-0.25, -0.2) is 13.8 Å². The van der Waals surface area contributed by atoms with Gasteiger partial charge in [0.2, 0.25) is 0 Å². The largest absolute Gasteiger partial charge is 0.484 e. The smallest absolute Gasteiger partial charge is 0.264 e. The van der Waals surface area contributed by atoms with Gasteiger partial charge in [-0.3, -0.25) is 13.9 Å². The van der Waals surface area contributed by atoms with Crippen LogP contribution in [0.1, 0.15) is 22.3 Å². The first-order valence-electron chi connectivity index (χ1n) is 13.7. The number of aryl methyl sites for hydroxylation is 2. The van der Waals surface area contributed by atoms with E-state index in [0.717, 1.165) is 21.9 Å². The summed E-state index contributed by atoms with van der Waals surface area (Å²) in [6.45, 7) is 3.61. The summed E-state index contributed by atoms with van der Waals surface area (Å²) in [4.78, 5) is 25.0. The molecule has 222 valence electrons. The highest BCUT2D eigenvalue weighted by Gasteiger charge is 2.28. The van der Waals surface area contributed by atoms with Crippen molar-refractivity contribution in [2.45, 2.75) is 25.2 Å². The topological polar surface area (TPSA) is 117 Å². The Morgan fingerprint density at radius 1 is 0.860 bits per heavy atom. The number of ether oxygens (including phenoxy) is 1. The van der Waals surface area contributed by atoms with Crippen molar-refractivity contribution in [2.24, 2.45) is 5.10 Å². The second-order valence-corrected chi connectivity index (χ2v) is 11.7. The summed E-state index contributed by atoms with van der Waals surface area (Å²) >= 11 is 0. The Morgan fingerprint density at radius 3 is 2.23 bits per heavy atom. The van der Waals surface area contributed by atoms with Gasteiger partial charge in [0.1, 0.15) is 12.3 Å². The zero-order valence-corrected chi connectivity index (χ0v) is 24.9. The van der Waals surface area contributed by atoms with Crippen LogP contribution in [-0.2, 0) is 26.0 Å². The average Bonchev–Trinajstić information content (AvgIpc) is 3.01. The average molecular weight is 599 g/mol. The van der Waals surface area contributed by atoms with Gasteiger partial charge in [-0.1, -0.05) is 60.7 Å². The lowest BCUT2D eigenvalue weighted by Gasteiger charge is -2.25. The van der Waals surface area contributed by atoms with E-state index in [0.29, 0.717) is 29.1 Å². The molecule has 0 spiro atoms. The highest BCUT2D eigenvalue weighted by molar-refractivity contribution is 7.92. The Balaban J connectivity index is 1.31. The third kappa shape index (κ3) is 9.01. The van der Waals surface area contributed by atoms with E-state index in [1.165, 1.54) is 18.3 Å². The van der Waals surface area contributed by atoms with E-state index < -0.39 is 22.5 Å². The minimum absolute atomic E-state index is 0.0826. The fourth-order valence-electron chi connectivity index (χ4n) is 4.19. The predicted octanol–water partition coefficient (Wildman–Crippen LogP) is 4.39. The molecule has 0 atom stereocenters. The summed E-state index contributed by atoms with van der Waals surface area (Å²) in [6, 6.07) is 30.2. The van der Waals surface area contributed by atoms with Crippen molar-refractivity contribution >= 4 is 33.7 Å². The van der Waals surface area contributed by atoms with Gasteiger partial charge >= 0.3 is 0 Å². The van der Waals surface area contributed by atoms with Gasteiger partial charge in [-0.05, 0) is 85.0 Å². The van der Waals surface area contributed by atoms with Gasteiger partial charge in [0.15, 0.2) is 6.61 Å². The zero-order valence-electron chi connectivity index (χ0n) is 24.1. The highest BCUT2D eigenvalue weighted by Crippen LogP contribution is 2.27. The minimum atomic E-state index is -4.02. The Morgan fingerprint density at radius 2 is 1.53 bits per heavy atom. The van der Waals surface area contributed by atoms with Crippen molar-refractivity contribution in [3.63, 3.8) is 0 Å². The third-order valence-electron chi connectivity index (χ3n) is 6.48. The quantitative estimate of drug-likeness (QED) is 0.175. The van der Waals surface area contributed by atoms with Gasteiger partial charge in [0, 0.05) is 6.54 Å². The number of carbonyl (C=O) groups is 2. The van der Waals surface area contributed by atoms with Crippen molar-refractivity contribution in [3.05, 3.63) is 125 Å². The van der Waals surface area contributed by atoms with Crippen LogP contribution in [0.15, 0.2) is 113 Å². The van der Waals surface area contributed by atoms with Crippen molar-refractivity contribution < 1.29 is 22.7 Å². The fourth-order valence-corrected chi connectivity index (χ4v) is 5.69. The maximum atomic E-state index is 13.5. The second kappa shape index (κ2) is 14.8. The van der Waals surface area contributed by atoms with Crippen molar-refractivity contribution in [1.82, 2.24) is 10.7 Å². The van der Waals surface area contributed by atoms with E-state index in [2.05, 4.69) is 15.8 Å². The van der Waals surface area contributed by atoms with Gasteiger partial charge in [0.05, 0.1) is 16.8 Å². The predicted molar refractivity (Wildman–Crippen MR) is 168 cm³/mol. The number of amides is 2. The highest BCUT2D eigenvalue weighted by atomic mass is 32.2. The van der Waals surface area contributed by atoms with E-state index in [4.69, 9.17) is 4.74 Å². The monoisotopic (exact) mass is 598 g/mol. The molecule has 4 aromatic rings. The number of hydrazone groups is 1. The van der Waals surface area contributed by atoms with Crippen LogP contribution >= 0.6 is 0 Å². The molecule has 43 heavy (non-hydrogen) atoms. The summed E-state index contributed by atoms with van der Waals surface area (Å²) in [5, 5.41) is 6.83. The number of nitrogens with one attached hydrogen (secondary N) is 2. The van der Waals surface area contributed by atoms with E-state index in [1.54, 1.807) is 55.5 Å². The standard InChI is InChI=1S/C33H34N4O5S/c1-25-13-14-26(2)31(21-25)37(43(40,41)30-11-7-4-8-12-30)23-32(38)36-35-22-28-15-17-29(18-16-28)42-24-33(39)34-20-19-27-9-5-3-6-10-27/h3-18,21-22H,19-20,23-24H2,1-2H3,(H,34,39)(H,36,38)/b35-22-. The van der Waals surface area contributed by atoms with Crippen LogP contribution in [0.4, 0.5) is 5.69 Å². The van der Waals surface area contributed by atoms with Crippen LogP contribution < -0.4 is 19.8 Å². The molecule has 0 bridgehead atoms. The summed E-state index contributed by atoms with van der Waals surface area (Å²) in [7, 11) is -4.02. The SMILES string of the molecule is Cc1ccc(C)c(N(CC(=O)N/N=C\c2ccc(OCC(=O)NCCc3ccccc3)cc2)S(=O)(=O)c2ccccc2)c1. The van der Waals surface area contributed by atoms with Gasteiger partial charge < -0.3 is 10.1 Å². The van der Waals surface area contributed by atoms with Crippen LogP contribution in [0.3, 0.4) is 0 Å². The van der Waals surface area contributed by atoms with Crippen LogP contribution in [0, 0.1) is 13.8 Å². The van der Waals surface area contributed by atoms with Crippen LogP contribution in [-0.4, -0.2) is 46.1 Å². The minimum Gasteiger partial charge on any atom is -0.484 e. The summed E-state index contributed by atoms with van der Waals surface area (Å²) < 4.78 is 33.7. The second-order valence-electron chi connectivity index (χ2n) is 9.85. The number of benzene rings is 4. The number of rotatable bonds is 13. The molecule has 0 radical (unpaired) electrons. The Labute approximate surface area is 252 Å². The van der Waals surface area contributed by atoms with E-state index >= 15 is 0 Å². The number of nitrogens with zero attached hydrogens (tertiary/aromatic N) is 2. The number of sulfonamides is 1. The molecule has 0 aromatic heterocycles. The lowest BCUT2D eigenvalue weighted by molar-refractivity contribution is -0.123. The maximum Gasteiger partial charge on any atom is 0.264 e. The molecular formula is C33H34N4O5S. The van der Waals surface area contributed by atoms with E-state index in [-0.39, 0.29) is 17.4 Å². The van der Waals surface area contributed by atoms with Crippen LogP contribution in [0.5, 0.6) is 5.75 Å². The van der Waals surface area contributed by atoms with Crippen molar-refractivity contribution in [3.8, 4) is 5.75 Å². The normalized spacial score (nSPS) is 11.2. The molecule has 0 fully saturated rings. The molecule has 2 amide bonds. The zero-order chi connectivity index (χ0) is 30.7. The van der Waals surface area contributed by atoms with Crippen LogP contribution in [0.2, 0.25) is 0 Å². The number of hydrogen-bond donors (Lipinski definition) is 2. The summed E-state index contributed by atoms with van der Waals surface area (Å²) in [5.41, 5.74) is 6.23. The Bertz CT molecular complexity index is 1660. The first-order chi connectivity index (χ1) is 20.7. The lowest BCUT2D eigenvalue weighted by Crippen LogP contribution is -2.40. The molecule has 2 N–H and O–H groups in total. The van der Waals surface area contributed by atoms with Crippen molar-refractivity contribution in [2.75, 3.05) is 24.0 Å². The molecule has 0 saturated carbocycles. The van der Waals surface area contributed by atoms with Crippen LogP contribution in [0.25, 0.3) is 0 Å². The summed E-state index contributed by atoms with van der Waals surface area (Å²) in [6.07, 6.45) is 2.18. The van der Waals surface area contributed by atoms with E-state index in [9.17, 15) is 18.0 Å². The molecule has 0 aliphatic rings. The maximum absolute atomic E-state index is 13.5. The molecule has 10 heteroatoms. The number of carbonyl (C=O) groups excluding carboxylic acids is 2. The third-order valence-corrected chi connectivity index (χ3v) is 8.26. The molecule has 0 saturated heterocycles. The molecule has 0 aliphatic heterocycles. The van der Waals surface area contributed by atoms with Crippen molar-refractivity contribution in [1.29, 1.82) is 0 Å². The number of anilines is 1. The molecule has 9 nitrogen and oxygen atoms in total. The van der Waals surface area contributed by atoms with E-state index in [1.807, 2.05) is 49.4 Å². The van der Waals surface area contributed by atoms with Gasteiger partial charge in [-0.2, -0.15) is 5.10 Å². The van der Waals surface area contributed by atoms with Gasteiger partial charge in [0.25, 0.3) is 21.8 Å². The summed E-state index contributed by atoms with van der Waals surface area (Å²) in [5.74, 6) is -0.307. The Kier molecular flexibility index (Phi) is 10.7. The molecule has 0 heterocycles. The first kappa shape index (κ1) is 31.0. The number of hydrogen-bond acceptors (Lipinski definition) is 6. The molecule has 4 aromatic carbocycles. The molecule has 4 rings (SSSR count). The molecule has 0 aliphatic carbocycles. The molecule has 0 unspecified atom stereocenters. The van der Waals surface area contributed by atoms with Gasteiger partial charge in [-0.15, -0.1) is 0 Å². The fraction of sp³-hybridized carbons (Fsp3) is 0.182. The lowest BCUT2D eigenvalue weighted by atomic mass is 10.1.